The molecule has 0 aromatic rings. The predicted octanol–water partition coefficient (Wildman–Crippen LogP) is 2.29. The zero-order chi connectivity index (χ0) is 5.54. The Hall–Kier alpha value is 1.17. The third kappa shape index (κ3) is 17.6. The van der Waals surface area contributed by atoms with Crippen molar-refractivity contribution in [1.82, 2.24) is 0 Å². The molecule has 0 unspecified atom stereocenters. The van der Waals surface area contributed by atoms with Crippen LogP contribution in [0.2, 0.25) is 0 Å². The van der Waals surface area contributed by atoms with E-state index in [0.29, 0.717) is 0 Å². The van der Waals surface area contributed by atoms with Crippen LogP contribution in [0, 0.1) is 20.3 Å². The Morgan fingerprint density at radius 2 is 1.89 bits per heavy atom. The van der Waals surface area contributed by atoms with Gasteiger partial charge in [-0.25, -0.2) is 0 Å². The van der Waals surface area contributed by atoms with Gasteiger partial charge in [0.2, 0.25) is 0 Å². The Morgan fingerprint density at radius 1 is 1.33 bits per heavy atom. The number of hydrogen-bond donors (Lipinski definition) is 0. The van der Waals surface area contributed by atoms with Crippen molar-refractivity contribution in [3.8, 4) is 0 Å². The quantitative estimate of drug-likeness (QED) is 0.480. The second kappa shape index (κ2) is 16.1. The predicted molar refractivity (Wildman–Crippen MR) is 32.4 cm³/mol. The fourth-order valence-corrected chi connectivity index (χ4v) is 0.407. The molecular formula is C7H12V2-2. The van der Waals surface area contributed by atoms with Crippen molar-refractivity contribution in [2.24, 2.45) is 0 Å². The summed E-state index contributed by atoms with van der Waals surface area (Å²) in [6, 6.07) is 0. The van der Waals surface area contributed by atoms with E-state index in [-0.39, 0.29) is 37.1 Å². The molecule has 0 bridgehead atoms. The minimum absolute atomic E-state index is 0. The first-order valence-corrected chi connectivity index (χ1v) is 2.72. The van der Waals surface area contributed by atoms with Crippen LogP contribution in [-0.4, -0.2) is 0 Å². The van der Waals surface area contributed by atoms with Gasteiger partial charge in [-0.3, -0.25) is 0 Å². The van der Waals surface area contributed by atoms with Gasteiger partial charge in [0.25, 0.3) is 0 Å². The summed E-state index contributed by atoms with van der Waals surface area (Å²) in [5.41, 5.74) is 0. The largest absolute Gasteiger partial charge is 0.372 e. The Balaban J connectivity index is -0.000000180. The summed E-state index contributed by atoms with van der Waals surface area (Å²) < 4.78 is 0. The molecule has 2 heteroatoms. The topological polar surface area (TPSA) is 0 Å². The summed E-state index contributed by atoms with van der Waals surface area (Å²) >= 11 is 0. The molecule has 0 atom stereocenters. The number of unbranched alkanes of at least 4 members (excludes halogenated alkanes) is 4. The number of rotatable bonds is 4. The second-order valence-electron chi connectivity index (χ2n) is 1.51. The summed E-state index contributed by atoms with van der Waals surface area (Å²) in [6.07, 6.45) is 6.11. The van der Waals surface area contributed by atoms with Crippen LogP contribution in [0.5, 0.6) is 0 Å². The molecule has 52 valence electrons. The van der Waals surface area contributed by atoms with Crippen molar-refractivity contribution < 1.29 is 37.1 Å². The zero-order valence-corrected chi connectivity index (χ0v) is 8.38. The maximum absolute atomic E-state index is 5.23. The summed E-state index contributed by atoms with van der Waals surface area (Å²) in [7, 11) is 0. The van der Waals surface area contributed by atoms with Gasteiger partial charge in [0.15, 0.2) is 0 Å². The smallest absolute Gasteiger partial charge is 0 e. The summed E-state index contributed by atoms with van der Waals surface area (Å²) in [6.45, 7) is 8.89. The Morgan fingerprint density at radius 3 is 2.22 bits per heavy atom. The Bertz CT molecular complexity index is 26.1. The normalized spacial score (nSPS) is 7.33. The van der Waals surface area contributed by atoms with Crippen LogP contribution in [0.1, 0.15) is 25.7 Å². The maximum atomic E-state index is 5.23. The van der Waals surface area contributed by atoms with Crippen molar-refractivity contribution in [3.63, 3.8) is 0 Å². The first-order valence-electron chi connectivity index (χ1n) is 2.72. The third-order valence-electron chi connectivity index (χ3n) is 0.816. The third-order valence-corrected chi connectivity index (χ3v) is 0.816. The SMILES string of the molecule is [CH]CCC[CH-]C[CH2-].[V].[V]. The first kappa shape index (κ1) is 16.6. The molecule has 0 spiro atoms. The van der Waals surface area contributed by atoms with E-state index in [1.165, 1.54) is 0 Å². The molecule has 0 aliphatic carbocycles. The standard InChI is InChI=1S/C7H12.2V/c1-3-5-7-6-4-2;;/h1,6H,2-5,7H2;;/q-2;;. The molecule has 0 aromatic carbocycles. The van der Waals surface area contributed by atoms with Gasteiger partial charge in [0.1, 0.15) is 0 Å². The maximum Gasteiger partial charge on any atom is 0 e. The van der Waals surface area contributed by atoms with Crippen LogP contribution in [0.4, 0.5) is 0 Å². The summed E-state index contributed by atoms with van der Waals surface area (Å²) in [5.74, 6) is 0. The summed E-state index contributed by atoms with van der Waals surface area (Å²) in [5, 5.41) is 0. The van der Waals surface area contributed by atoms with E-state index in [2.05, 4.69) is 13.3 Å². The van der Waals surface area contributed by atoms with Crippen LogP contribution in [0.25, 0.3) is 0 Å². The van der Waals surface area contributed by atoms with Gasteiger partial charge in [-0.05, 0) is 6.92 Å². The van der Waals surface area contributed by atoms with E-state index < -0.39 is 0 Å². The molecule has 0 aromatic heterocycles. The van der Waals surface area contributed by atoms with E-state index in [0.717, 1.165) is 25.7 Å². The minimum atomic E-state index is 0. The van der Waals surface area contributed by atoms with Crippen molar-refractivity contribution in [3.05, 3.63) is 20.3 Å². The van der Waals surface area contributed by atoms with Crippen LogP contribution >= 0.6 is 0 Å². The fraction of sp³-hybridized carbons (Fsp3) is 0.571. The summed E-state index contributed by atoms with van der Waals surface area (Å²) in [4.78, 5) is 0. The van der Waals surface area contributed by atoms with Gasteiger partial charge in [-0.15, -0.1) is 0 Å². The van der Waals surface area contributed by atoms with E-state index >= 15 is 0 Å². The van der Waals surface area contributed by atoms with Crippen molar-refractivity contribution in [1.29, 1.82) is 0 Å². The van der Waals surface area contributed by atoms with Gasteiger partial charge in [0, 0.05) is 37.1 Å². The fourth-order valence-electron chi connectivity index (χ4n) is 0.407. The van der Waals surface area contributed by atoms with Gasteiger partial charge < -0.3 is 19.8 Å². The molecule has 0 fully saturated rings. The van der Waals surface area contributed by atoms with Gasteiger partial charge in [-0.1, -0.05) is 12.8 Å². The van der Waals surface area contributed by atoms with Crippen molar-refractivity contribution in [2.75, 3.05) is 0 Å². The van der Waals surface area contributed by atoms with E-state index in [9.17, 15) is 0 Å². The molecular weight excluding hydrogens is 186 g/mol. The molecule has 0 saturated heterocycles. The van der Waals surface area contributed by atoms with Gasteiger partial charge >= 0.3 is 0 Å². The van der Waals surface area contributed by atoms with Crippen LogP contribution < -0.4 is 0 Å². The zero-order valence-electron chi connectivity index (χ0n) is 5.58. The second-order valence-corrected chi connectivity index (χ2v) is 1.51. The molecule has 0 rings (SSSR count). The molecule has 0 aliphatic heterocycles. The van der Waals surface area contributed by atoms with E-state index in [1.807, 2.05) is 0 Å². The van der Waals surface area contributed by atoms with Gasteiger partial charge in [0.05, 0.1) is 0 Å². The molecule has 0 saturated carbocycles. The van der Waals surface area contributed by atoms with Crippen molar-refractivity contribution >= 4 is 0 Å². The Kier molecular flexibility index (Phi) is 29.7. The van der Waals surface area contributed by atoms with Crippen molar-refractivity contribution in [2.45, 2.75) is 25.7 Å². The minimum Gasteiger partial charge on any atom is -0.372 e. The molecule has 0 aliphatic rings. The molecule has 0 N–H and O–H groups in total. The molecule has 0 nitrogen and oxygen atoms in total. The average molecular weight is 198 g/mol. The first-order chi connectivity index (χ1) is 3.41. The number of hydrogen-bond acceptors (Lipinski definition) is 0. The molecule has 0 amide bonds. The van der Waals surface area contributed by atoms with E-state index in [1.54, 1.807) is 0 Å². The van der Waals surface area contributed by atoms with Crippen LogP contribution in [-0.2, 0) is 37.1 Å². The molecule has 0 heterocycles. The average Bonchev–Trinajstić information content (AvgIpc) is 1.69. The Labute approximate surface area is 82.9 Å². The van der Waals surface area contributed by atoms with Gasteiger partial charge in [-0.2, -0.15) is 6.42 Å². The molecule has 9 heavy (non-hydrogen) atoms. The van der Waals surface area contributed by atoms with Crippen LogP contribution in [0.3, 0.4) is 0 Å². The van der Waals surface area contributed by atoms with Crippen LogP contribution in [0.15, 0.2) is 0 Å². The monoisotopic (exact) mass is 198 g/mol. The molecule has 4 radical (unpaired) electrons. The van der Waals surface area contributed by atoms with E-state index in [4.69, 9.17) is 6.92 Å².